The molecule has 2 amide bonds. The highest BCUT2D eigenvalue weighted by molar-refractivity contribution is 5.81. The maximum Gasteiger partial charge on any atom is 0.433 e. The summed E-state index contributed by atoms with van der Waals surface area (Å²) in [4.78, 5) is 42.4. The molecule has 0 fully saturated rings. The molecule has 23 heavy (non-hydrogen) atoms. The Kier molecular flexibility index (Phi) is 9.83. The van der Waals surface area contributed by atoms with Crippen LogP contribution in [0.3, 0.4) is 0 Å². The minimum Gasteiger partial charge on any atom is -0.480 e. The number of hydrogen-bond donors (Lipinski definition) is 4. The molecule has 0 aromatic heterocycles. The summed E-state index contributed by atoms with van der Waals surface area (Å²) in [6.07, 6.45) is -0.206. The van der Waals surface area contributed by atoms with Crippen LogP contribution >= 0.6 is 0 Å². The Balaban J connectivity index is 4.53. The Morgan fingerprint density at radius 3 is 2.35 bits per heavy atom. The number of nitrogens with two attached hydrogens (primary N) is 1. The number of unbranched alkanes of at least 4 members (excludes halogenated alkanes) is 1. The Morgan fingerprint density at radius 1 is 1.22 bits per heavy atom. The molecule has 0 radical (unpaired) electrons. The maximum atomic E-state index is 11.3. The molecule has 1 atom stereocenters. The van der Waals surface area contributed by atoms with Crippen LogP contribution in [0.5, 0.6) is 0 Å². The maximum absolute atomic E-state index is 11.3. The topological polar surface area (TPSA) is 156 Å². The van der Waals surface area contributed by atoms with Crippen LogP contribution in [0.2, 0.25) is 0 Å². The van der Waals surface area contributed by atoms with E-state index >= 15 is 0 Å². The minimum atomic E-state index is -1.07. The predicted molar refractivity (Wildman–Crippen MR) is 80.4 cm³/mol. The number of carboxylic acids is 1. The first-order valence-corrected chi connectivity index (χ1v) is 6.90. The Labute approximate surface area is 133 Å². The van der Waals surface area contributed by atoms with Gasteiger partial charge in [0.25, 0.3) is 0 Å². The van der Waals surface area contributed by atoms with Crippen LogP contribution in [-0.2, 0) is 14.5 Å². The average Bonchev–Trinajstić information content (AvgIpc) is 2.54. The fraction of sp³-hybridized carbons (Fsp3) is 0.667. The molecule has 11 heteroatoms. The fourth-order valence-corrected chi connectivity index (χ4v) is 1.36. The predicted octanol–water partition coefficient (Wildman–Crippen LogP) is -0.169. The lowest BCUT2D eigenvalue weighted by atomic mass is 10.1. The molecule has 11 nitrogen and oxygen atoms in total. The summed E-state index contributed by atoms with van der Waals surface area (Å²) in [5, 5.41) is 17.8. The normalized spacial score (nSPS) is 12.1. The van der Waals surface area contributed by atoms with Crippen molar-refractivity contribution >= 4 is 24.0 Å². The van der Waals surface area contributed by atoms with E-state index in [1.54, 1.807) is 0 Å². The quantitative estimate of drug-likeness (QED) is 0.164. The zero-order chi connectivity index (χ0) is 17.8. The van der Waals surface area contributed by atoms with Gasteiger partial charge in [-0.2, -0.15) is 5.06 Å². The largest absolute Gasteiger partial charge is 0.480 e. The van der Waals surface area contributed by atoms with E-state index < -0.39 is 24.2 Å². The molecule has 0 rings (SSSR count). The van der Waals surface area contributed by atoms with Gasteiger partial charge in [-0.15, -0.1) is 0 Å². The van der Waals surface area contributed by atoms with E-state index in [-0.39, 0.29) is 18.8 Å². The molecule has 0 spiro atoms. The molecule has 0 saturated carbocycles. The van der Waals surface area contributed by atoms with E-state index in [9.17, 15) is 14.4 Å². The highest BCUT2D eigenvalue weighted by Gasteiger charge is 2.15. The van der Waals surface area contributed by atoms with Crippen LogP contribution in [0.4, 0.5) is 9.59 Å². The van der Waals surface area contributed by atoms with Crippen LogP contribution < -0.4 is 16.4 Å². The number of carbonyl (C=O) groups excluding carboxylic acids is 2. The van der Waals surface area contributed by atoms with Crippen molar-refractivity contribution in [2.45, 2.75) is 32.2 Å². The molecule has 0 aromatic carbocycles. The van der Waals surface area contributed by atoms with Gasteiger partial charge in [0.05, 0.1) is 6.54 Å². The number of rotatable bonds is 7. The van der Waals surface area contributed by atoms with Crippen molar-refractivity contribution in [1.82, 2.24) is 15.7 Å². The number of oxime groups is 1. The second-order valence-electron chi connectivity index (χ2n) is 4.44. The molecule has 0 heterocycles. The van der Waals surface area contributed by atoms with Crippen molar-refractivity contribution in [2.75, 3.05) is 20.6 Å². The summed E-state index contributed by atoms with van der Waals surface area (Å²) in [5.41, 5.74) is 5.40. The minimum absolute atomic E-state index is 0.139. The third-order valence-electron chi connectivity index (χ3n) is 2.67. The number of hydrogen-bond acceptors (Lipinski definition) is 7. The van der Waals surface area contributed by atoms with E-state index in [0.717, 1.165) is 5.06 Å². The summed E-state index contributed by atoms with van der Waals surface area (Å²) in [6, 6.07) is -0.936. The number of nitrogens with zero attached hydrogens (tertiary/aromatic N) is 2. The molecule has 0 aromatic rings. The van der Waals surface area contributed by atoms with Crippen LogP contribution in [0.15, 0.2) is 5.16 Å². The first kappa shape index (κ1) is 20.4. The number of aliphatic carboxylic acids is 1. The van der Waals surface area contributed by atoms with E-state index in [0.29, 0.717) is 12.8 Å². The third kappa shape index (κ3) is 9.14. The van der Waals surface area contributed by atoms with Gasteiger partial charge in [0, 0.05) is 21.0 Å². The molecule has 0 aliphatic carbocycles. The SMILES string of the molecule is CNC(=O)O/N=C(/C)N(CCCC[C@H](N)C(=O)O)OC(=O)NC. The average molecular weight is 333 g/mol. The van der Waals surface area contributed by atoms with Crippen molar-refractivity contribution in [3.63, 3.8) is 0 Å². The van der Waals surface area contributed by atoms with Crippen LogP contribution in [0.1, 0.15) is 26.2 Å². The first-order chi connectivity index (χ1) is 10.8. The highest BCUT2D eigenvalue weighted by atomic mass is 16.7. The summed E-state index contributed by atoms with van der Waals surface area (Å²) >= 11 is 0. The Hall–Kier alpha value is -2.56. The van der Waals surface area contributed by atoms with Crippen LogP contribution in [-0.4, -0.2) is 60.8 Å². The van der Waals surface area contributed by atoms with Crippen molar-refractivity contribution < 1.29 is 29.2 Å². The van der Waals surface area contributed by atoms with E-state index in [2.05, 4.69) is 20.6 Å². The van der Waals surface area contributed by atoms with Crippen LogP contribution in [0, 0.1) is 0 Å². The van der Waals surface area contributed by atoms with Crippen molar-refractivity contribution in [3.8, 4) is 0 Å². The molecule has 0 aliphatic rings. The fourth-order valence-electron chi connectivity index (χ4n) is 1.36. The van der Waals surface area contributed by atoms with Gasteiger partial charge < -0.3 is 26.3 Å². The first-order valence-electron chi connectivity index (χ1n) is 6.90. The van der Waals surface area contributed by atoms with Crippen LogP contribution in [0.25, 0.3) is 0 Å². The monoisotopic (exact) mass is 333 g/mol. The lowest BCUT2D eigenvalue weighted by Crippen LogP contribution is -2.37. The molecule has 0 unspecified atom stereocenters. The van der Waals surface area contributed by atoms with E-state index in [1.165, 1.54) is 21.0 Å². The van der Waals surface area contributed by atoms with Crippen molar-refractivity contribution in [3.05, 3.63) is 0 Å². The van der Waals surface area contributed by atoms with E-state index in [4.69, 9.17) is 15.7 Å². The van der Waals surface area contributed by atoms with Gasteiger partial charge in [0.2, 0.25) is 0 Å². The number of carboxylic acid groups (broad SMARTS) is 1. The standard InChI is InChI=1S/C12H23N5O6/c1-8(16-22-11(20)14-2)17(23-12(21)15-3)7-5-4-6-9(13)10(18)19/h9H,4-7,13H2,1-3H3,(H,14,20)(H,15,21)(H,18,19)/b16-8-/t9-/m0/s1. The van der Waals surface area contributed by atoms with Crippen molar-refractivity contribution in [1.29, 1.82) is 0 Å². The van der Waals surface area contributed by atoms with E-state index in [1.807, 2.05) is 0 Å². The van der Waals surface area contributed by atoms with Gasteiger partial charge in [-0.05, 0) is 19.3 Å². The Bertz CT molecular complexity index is 442. The van der Waals surface area contributed by atoms with Gasteiger partial charge in [0.15, 0.2) is 5.84 Å². The van der Waals surface area contributed by atoms with Gasteiger partial charge in [-0.3, -0.25) is 9.63 Å². The summed E-state index contributed by atoms with van der Waals surface area (Å²) in [6.45, 7) is 1.71. The lowest BCUT2D eigenvalue weighted by molar-refractivity contribution is -0.138. The van der Waals surface area contributed by atoms with Gasteiger partial charge in [-0.25, -0.2) is 9.59 Å². The van der Waals surface area contributed by atoms with Gasteiger partial charge in [0.1, 0.15) is 6.04 Å². The molecule has 0 bridgehead atoms. The van der Waals surface area contributed by atoms with Gasteiger partial charge >= 0.3 is 18.2 Å². The molecular weight excluding hydrogens is 310 g/mol. The summed E-state index contributed by atoms with van der Waals surface area (Å²) < 4.78 is 0. The lowest BCUT2D eigenvalue weighted by Gasteiger charge is -2.21. The summed E-state index contributed by atoms with van der Waals surface area (Å²) in [5.74, 6) is -0.931. The number of amidine groups is 1. The zero-order valence-corrected chi connectivity index (χ0v) is 13.4. The molecular formula is C12H23N5O6. The molecule has 0 saturated heterocycles. The molecule has 5 N–H and O–H groups in total. The smallest absolute Gasteiger partial charge is 0.433 e. The molecule has 132 valence electrons. The second-order valence-corrected chi connectivity index (χ2v) is 4.44. The number of carbonyl (C=O) groups is 3. The number of amides is 2. The zero-order valence-electron chi connectivity index (χ0n) is 13.4. The van der Waals surface area contributed by atoms with Gasteiger partial charge in [-0.1, -0.05) is 5.16 Å². The number of hydroxylamine groups is 2. The third-order valence-corrected chi connectivity index (χ3v) is 2.67. The Morgan fingerprint density at radius 2 is 1.83 bits per heavy atom. The molecule has 0 aliphatic heterocycles. The highest BCUT2D eigenvalue weighted by Crippen LogP contribution is 2.04. The summed E-state index contributed by atoms with van der Waals surface area (Å²) in [7, 11) is 2.76. The van der Waals surface area contributed by atoms with Crippen molar-refractivity contribution in [2.24, 2.45) is 10.9 Å². The second kappa shape index (κ2) is 11.1. The number of nitrogens with one attached hydrogen (secondary N) is 2.